The summed E-state index contributed by atoms with van der Waals surface area (Å²) in [4.78, 5) is 4.70. The summed E-state index contributed by atoms with van der Waals surface area (Å²) in [5, 5.41) is 0. The van der Waals surface area contributed by atoms with E-state index < -0.39 is 9.84 Å². The molecule has 100 valence electrons. The van der Waals surface area contributed by atoms with Gasteiger partial charge in [0, 0.05) is 32.2 Å². The van der Waals surface area contributed by atoms with Crippen LogP contribution in [0.4, 0.5) is 0 Å². The van der Waals surface area contributed by atoms with Crippen molar-refractivity contribution in [2.75, 3.05) is 50.8 Å². The van der Waals surface area contributed by atoms with Crippen LogP contribution in [0.15, 0.2) is 0 Å². The van der Waals surface area contributed by atoms with Gasteiger partial charge in [0.15, 0.2) is 9.84 Å². The number of hydrogen-bond donors (Lipinski definition) is 1. The number of nitrogens with two attached hydrogens (primary N) is 1. The highest BCUT2D eigenvalue weighted by Gasteiger charge is 2.22. The van der Waals surface area contributed by atoms with Crippen molar-refractivity contribution in [1.29, 1.82) is 0 Å². The van der Waals surface area contributed by atoms with Crippen LogP contribution in [-0.2, 0) is 9.84 Å². The lowest BCUT2D eigenvalue weighted by Gasteiger charge is -2.33. The van der Waals surface area contributed by atoms with Crippen LogP contribution in [0.1, 0.15) is 12.8 Å². The molecule has 0 aromatic rings. The summed E-state index contributed by atoms with van der Waals surface area (Å²) in [7, 11) is -2.74. The van der Waals surface area contributed by atoms with Gasteiger partial charge in [-0.2, -0.15) is 0 Å². The van der Waals surface area contributed by atoms with Gasteiger partial charge in [-0.05, 0) is 25.9 Å². The lowest BCUT2D eigenvalue weighted by molar-refractivity contribution is 0.178. The molecule has 2 aliphatic rings. The van der Waals surface area contributed by atoms with Crippen LogP contribution in [0.25, 0.3) is 0 Å². The third-order valence-electron chi connectivity index (χ3n) is 3.80. The predicted molar refractivity (Wildman–Crippen MR) is 68.7 cm³/mol. The molecule has 0 spiro atoms. The van der Waals surface area contributed by atoms with Gasteiger partial charge in [0.1, 0.15) is 0 Å². The molecule has 0 aliphatic carbocycles. The van der Waals surface area contributed by atoms with Crippen LogP contribution in [-0.4, -0.2) is 75.0 Å². The van der Waals surface area contributed by atoms with E-state index in [9.17, 15) is 8.42 Å². The van der Waals surface area contributed by atoms with Crippen molar-refractivity contribution in [2.45, 2.75) is 18.9 Å². The molecule has 0 aromatic heterocycles. The maximum absolute atomic E-state index is 11.3. The molecule has 2 saturated heterocycles. The number of hydrogen-bond acceptors (Lipinski definition) is 5. The average Bonchev–Trinajstić information content (AvgIpc) is 2.30. The first kappa shape index (κ1) is 13.3. The zero-order chi connectivity index (χ0) is 12.3. The summed E-state index contributed by atoms with van der Waals surface area (Å²) in [6, 6.07) is 0.381. The lowest BCUT2D eigenvalue weighted by Crippen LogP contribution is -2.46. The van der Waals surface area contributed by atoms with Gasteiger partial charge in [-0.25, -0.2) is 8.42 Å². The zero-order valence-corrected chi connectivity index (χ0v) is 11.2. The van der Waals surface area contributed by atoms with Gasteiger partial charge in [0.05, 0.1) is 11.5 Å². The van der Waals surface area contributed by atoms with Crippen molar-refractivity contribution in [3.63, 3.8) is 0 Å². The molecule has 0 radical (unpaired) electrons. The molecular weight excluding hydrogens is 238 g/mol. The molecule has 0 atom stereocenters. The Morgan fingerprint density at radius 1 is 0.941 bits per heavy atom. The second-order valence-electron chi connectivity index (χ2n) is 5.17. The number of piperidine rings is 1. The SMILES string of the molecule is NC1CCN(CCN2CCS(=O)(=O)CC2)CC1. The Kier molecular flexibility index (Phi) is 4.41. The van der Waals surface area contributed by atoms with E-state index in [1.807, 2.05) is 0 Å². The fourth-order valence-electron chi connectivity index (χ4n) is 2.43. The van der Waals surface area contributed by atoms with E-state index in [1.54, 1.807) is 0 Å². The third-order valence-corrected chi connectivity index (χ3v) is 5.41. The minimum atomic E-state index is -2.74. The molecule has 0 saturated carbocycles. The van der Waals surface area contributed by atoms with Gasteiger partial charge in [0.2, 0.25) is 0 Å². The summed E-state index contributed by atoms with van der Waals surface area (Å²) in [6.45, 7) is 5.63. The molecule has 17 heavy (non-hydrogen) atoms. The van der Waals surface area contributed by atoms with E-state index in [-0.39, 0.29) is 0 Å². The second kappa shape index (κ2) is 5.65. The van der Waals surface area contributed by atoms with Gasteiger partial charge in [-0.3, -0.25) is 0 Å². The largest absolute Gasteiger partial charge is 0.328 e. The van der Waals surface area contributed by atoms with E-state index in [4.69, 9.17) is 5.73 Å². The Morgan fingerprint density at radius 2 is 1.41 bits per heavy atom. The summed E-state index contributed by atoms with van der Waals surface area (Å²) in [5.41, 5.74) is 5.86. The highest BCUT2D eigenvalue weighted by molar-refractivity contribution is 7.91. The zero-order valence-electron chi connectivity index (χ0n) is 10.3. The molecule has 2 N–H and O–H groups in total. The van der Waals surface area contributed by atoms with Crippen molar-refractivity contribution >= 4 is 9.84 Å². The molecule has 2 fully saturated rings. The maximum Gasteiger partial charge on any atom is 0.152 e. The Balaban J connectivity index is 1.66. The van der Waals surface area contributed by atoms with Crippen molar-refractivity contribution in [3.8, 4) is 0 Å². The summed E-state index contributed by atoms with van der Waals surface area (Å²) in [5.74, 6) is 0.662. The van der Waals surface area contributed by atoms with Gasteiger partial charge in [-0.1, -0.05) is 0 Å². The fourth-order valence-corrected chi connectivity index (χ4v) is 3.71. The van der Waals surface area contributed by atoms with Crippen molar-refractivity contribution in [2.24, 2.45) is 5.73 Å². The van der Waals surface area contributed by atoms with E-state index in [0.29, 0.717) is 30.6 Å². The Morgan fingerprint density at radius 3 is 1.94 bits per heavy atom. The first-order chi connectivity index (χ1) is 8.05. The van der Waals surface area contributed by atoms with Crippen LogP contribution in [0, 0.1) is 0 Å². The Bertz CT molecular complexity index is 323. The molecule has 5 nitrogen and oxygen atoms in total. The standard InChI is InChI=1S/C11H23N3O2S/c12-11-1-3-13(4-2-11)5-6-14-7-9-17(15,16)10-8-14/h11H,1-10,12H2. The van der Waals surface area contributed by atoms with Crippen molar-refractivity contribution in [1.82, 2.24) is 9.80 Å². The van der Waals surface area contributed by atoms with Crippen molar-refractivity contribution in [3.05, 3.63) is 0 Å². The summed E-state index contributed by atoms with van der Waals surface area (Å²) in [6.07, 6.45) is 2.18. The first-order valence-electron chi connectivity index (χ1n) is 6.46. The molecule has 0 bridgehead atoms. The summed E-state index contributed by atoms with van der Waals surface area (Å²) < 4.78 is 22.6. The van der Waals surface area contributed by atoms with Crippen LogP contribution in [0.5, 0.6) is 0 Å². The minimum absolute atomic E-state index is 0.331. The normalized spacial score (nSPS) is 28.3. The molecule has 2 heterocycles. The quantitative estimate of drug-likeness (QED) is 0.716. The smallest absolute Gasteiger partial charge is 0.152 e. The molecule has 0 amide bonds. The number of likely N-dealkylation sites (tertiary alicyclic amines) is 1. The second-order valence-corrected chi connectivity index (χ2v) is 7.48. The molecule has 2 rings (SSSR count). The lowest BCUT2D eigenvalue weighted by atomic mass is 10.1. The molecule has 0 aromatic carbocycles. The third kappa shape index (κ3) is 4.21. The topological polar surface area (TPSA) is 66.6 Å². The van der Waals surface area contributed by atoms with E-state index in [1.165, 1.54) is 0 Å². The van der Waals surface area contributed by atoms with Crippen LogP contribution < -0.4 is 5.73 Å². The molecule has 0 unspecified atom stereocenters. The van der Waals surface area contributed by atoms with Gasteiger partial charge in [0.25, 0.3) is 0 Å². The number of nitrogens with zero attached hydrogens (tertiary/aromatic N) is 2. The number of rotatable bonds is 3. The molecule has 6 heteroatoms. The fraction of sp³-hybridized carbons (Fsp3) is 1.00. The first-order valence-corrected chi connectivity index (χ1v) is 8.28. The highest BCUT2D eigenvalue weighted by Crippen LogP contribution is 2.09. The minimum Gasteiger partial charge on any atom is -0.328 e. The average molecular weight is 261 g/mol. The van der Waals surface area contributed by atoms with Crippen LogP contribution in [0.2, 0.25) is 0 Å². The van der Waals surface area contributed by atoms with E-state index in [2.05, 4.69) is 9.80 Å². The highest BCUT2D eigenvalue weighted by atomic mass is 32.2. The van der Waals surface area contributed by atoms with Crippen LogP contribution >= 0.6 is 0 Å². The Labute approximate surface area is 104 Å². The molecule has 2 aliphatic heterocycles. The van der Waals surface area contributed by atoms with Gasteiger partial charge < -0.3 is 15.5 Å². The van der Waals surface area contributed by atoms with Gasteiger partial charge >= 0.3 is 0 Å². The monoisotopic (exact) mass is 261 g/mol. The predicted octanol–water partition coefficient (Wildman–Crippen LogP) is -0.860. The number of sulfone groups is 1. The Hall–Kier alpha value is -0.170. The van der Waals surface area contributed by atoms with Gasteiger partial charge in [-0.15, -0.1) is 0 Å². The van der Waals surface area contributed by atoms with Crippen molar-refractivity contribution < 1.29 is 8.42 Å². The molecular formula is C11H23N3O2S. The summed E-state index contributed by atoms with van der Waals surface area (Å²) >= 11 is 0. The van der Waals surface area contributed by atoms with Crippen LogP contribution in [0.3, 0.4) is 0 Å². The van der Waals surface area contributed by atoms with E-state index >= 15 is 0 Å². The maximum atomic E-state index is 11.3. The van der Waals surface area contributed by atoms with E-state index in [0.717, 1.165) is 39.0 Å².